The molecule has 2 aliphatic heterocycles. The van der Waals surface area contributed by atoms with Crippen molar-refractivity contribution in [2.24, 2.45) is 14.1 Å². The molecule has 5 rings (SSSR count). The zero-order valence-corrected chi connectivity index (χ0v) is 14.2. The van der Waals surface area contributed by atoms with Crippen molar-refractivity contribution in [3.8, 4) is 5.75 Å². The molecule has 3 aromatic rings. The average Bonchev–Trinajstić information content (AvgIpc) is 3.04. The van der Waals surface area contributed by atoms with E-state index in [0.29, 0.717) is 35.7 Å². The van der Waals surface area contributed by atoms with E-state index < -0.39 is 17.5 Å². The number of anilines is 1. The van der Waals surface area contributed by atoms with Gasteiger partial charge in [-0.25, -0.2) is 9.69 Å². The lowest BCUT2D eigenvalue weighted by molar-refractivity contribution is 0.0811. The van der Waals surface area contributed by atoms with E-state index in [0.717, 1.165) is 4.57 Å². The molecule has 1 unspecified atom stereocenters. The van der Waals surface area contributed by atoms with Gasteiger partial charge in [-0.15, -0.1) is 0 Å². The summed E-state index contributed by atoms with van der Waals surface area (Å²) >= 11 is 0. The lowest BCUT2D eigenvalue weighted by atomic mass is 10.1. The largest absolute Gasteiger partial charge is 0.469 e. The fraction of sp³-hybridized carbons (Fsp3) is 0.294. The van der Waals surface area contributed by atoms with Gasteiger partial charge in [-0.05, 0) is 12.1 Å². The Bertz CT molecular complexity index is 1220. The Morgan fingerprint density at radius 3 is 2.69 bits per heavy atom. The van der Waals surface area contributed by atoms with Gasteiger partial charge in [0.05, 0.1) is 5.56 Å². The van der Waals surface area contributed by atoms with Gasteiger partial charge in [-0.1, -0.05) is 12.1 Å². The van der Waals surface area contributed by atoms with Gasteiger partial charge in [0.1, 0.15) is 5.75 Å². The normalized spacial score (nSPS) is 18.3. The lowest BCUT2D eigenvalue weighted by Gasteiger charge is -2.38. The first kappa shape index (κ1) is 14.9. The number of ether oxygens (including phenoxy) is 1. The van der Waals surface area contributed by atoms with Crippen LogP contribution in [-0.2, 0) is 20.6 Å². The van der Waals surface area contributed by atoms with Crippen LogP contribution in [0.15, 0.2) is 33.9 Å². The van der Waals surface area contributed by atoms with Gasteiger partial charge in [0.15, 0.2) is 17.4 Å². The van der Waals surface area contributed by atoms with Crippen LogP contribution < -0.4 is 20.9 Å². The number of carbonyl (C=O) groups excluding carboxylic acids is 1. The first-order valence-corrected chi connectivity index (χ1v) is 8.24. The minimum atomic E-state index is -0.484. The first-order chi connectivity index (χ1) is 12.5. The lowest BCUT2D eigenvalue weighted by Crippen LogP contribution is -2.51. The number of nitrogens with zero attached hydrogens (tertiary/aromatic N) is 5. The fourth-order valence-electron chi connectivity index (χ4n) is 3.68. The van der Waals surface area contributed by atoms with E-state index in [4.69, 9.17) is 4.74 Å². The number of imidazole rings is 1. The molecular formula is C17H15N5O4. The summed E-state index contributed by atoms with van der Waals surface area (Å²) in [6, 6.07) is 7.05. The molecule has 0 N–H and O–H groups in total. The number of amides is 1. The number of hydrogen-bond donors (Lipinski definition) is 0. The third-order valence-electron chi connectivity index (χ3n) is 5.03. The number of fused-ring (bicyclic) bond motifs is 6. The molecular weight excluding hydrogens is 338 g/mol. The van der Waals surface area contributed by atoms with Crippen LogP contribution in [0, 0.1) is 0 Å². The van der Waals surface area contributed by atoms with Gasteiger partial charge in [0.2, 0.25) is 5.95 Å². The predicted molar refractivity (Wildman–Crippen MR) is 92.5 cm³/mol. The highest BCUT2D eigenvalue weighted by atomic mass is 16.5. The number of carbonyl (C=O) groups is 1. The molecule has 0 bridgehead atoms. The van der Waals surface area contributed by atoms with E-state index in [9.17, 15) is 14.4 Å². The molecule has 0 saturated carbocycles. The van der Waals surface area contributed by atoms with E-state index in [1.165, 1.54) is 16.5 Å². The number of aryl methyl sites for hydroxylation is 2. The second kappa shape index (κ2) is 4.84. The molecule has 132 valence electrons. The van der Waals surface area contributed by atoms with Gasteiger partial charge in [0, 0.05) is 27.1 Å². The van der Waals surface area contributed by atoms with E-state index in [2.05, 4.69) is 4.98 Å². The maximum atomic E-state index is 13.0. The molecule has 0 saturated heterocycles. The van der Waals surface area contributed by atoms with Crippen LogP contribution in [0.1, 0.15) is 16.8 Å². The van der Waals surface area contributed by atoms with E-state index in [1.807, 2.05) is 6.07 Å². The molecule has 1 amide bonds. The molecule has 0 fully saturated rings. The highest BCUT2D eigenvalue weighted by Crippen LogP contribution is 2.36. The second-order valence-corrected chi connectivity index (χ2v) is 6.47. The summed E-state index contributed by atoms with van der Waals surface area (Å²) in [5.41, 5.74) is 0.147. The number of para-hydroxylation sites is 1. The Balaban J connectivity index is 1.80. The highest BCUT2D eigenvalue weighted by molar-refractivity contribution is 6.09. The molecule has 9 heteroatoms. The Labute approximate surface area is 146 Å². The molecule has 0 spiro atoms. The zero-order chi connectivity index (χ0) is 18.2. The first-order valence-electron chi connectivity index (χ1n) is 8.24. The number of rotatable bonds is 0. The Hall–Kier alpha value is -3.36. The molecule has 4 heterocycles. The third-order valence-corrected chi connectivity index (χ3v) is 5.03. The summed E-state index contributed by atoms with van der Waals surface area (Å²) in [6.07, 6.45) is 0.0347. The minimum absolute atomic E-state index is 0.227. The molecule has 1 atom stereocenters. The summed E-state index contributed by atoms with van der Waals surface area (Å²) in [4.78, 5) is 43.8. The standard InChI is InChI=1S/C17H15N5O4/c1-19-13-12(15(24)20(2)17(19)25)21-8-7-11-22(16(21)18-13)14(23)9-5-3-4-6-10(9)26-11/h3-6,11H,7-8H2,1-2H3. The van der Waals surface area contributed by atoms with Crippen LogP contribution in [-0.4, -0.2) is 30.8 Å². The fourth-order valence-corrected chi connectivity index (χ4v) is 3.68. The van der Waals surface area contributed by atoms with Crippen molar-refractivity contribution < 1.29 is 9.53 Å². The average molecular weight is 353 g/mol. The van der Waals surface area contributed by atoms with E-state index in [1.54, 1.807) is 29.8 Å². The Morgan fingerprint density at radius 2 is 1.88 bits per heavy atom. The number of benzene rings is 1. The molecule has 9 nitrogen and oxygen atoms in total. The molecule has 0 aliphatic carbocycles. The van der Waals surface area contributed by atoms with E-state index in [-0.39, 0.29) is 11.6 Å². The molecule has 2 aliphatic rings. The van der Waals surface area contributed by atoms with Crippen molar-refractivity contribution in [1.82, 2.24) is 18.7 Å². The molecule has 0 radical (unpaired) electrons. The number of hydrogen-bond acceptors (Lipinski definition) is 5. The summed E-state index contributed by atoms with van der Waals surface area (Å²) in [7, 11) is 2.99. The van der Waals surface area contributed by atoms with Crippen LogP contribution in [0.5, 0.6) is 5.75 Å². The quantitative estimate of drug-likeness (QED) is 0.576. The van der Waals surface area contributed by atoms with Gasteiger partial charge in [-0.3, -0.25) is 18.7 Å². The maximum absolute atomic E-state index is 13.0. The van der Waals surface area contributed by atoms with Gasteiger partial charge in [0.25, 0.3) is 11.5 Å². The predicted octanol–water partition coefficient (Wildman–Crippen LogP) is 0.203. The summed E-state index contributed by atoms with van der Waals surface area (Å²) in [6.45, 7) is 0.468. The molecule has 1 aromatic carbocycles. The van der Waals surface area contributed by atoms with Gasteiger partial charge in [-0.2, -0.15) is 4.98 Å². The Kier molecular flexibility index (Phi) is 2.78. The second-order valence-electron chi connectivity index (χ2n) is 6.47. The van der Waals surface area contributed by atoms with Crippen molar-refractivity contribution in [2.45, 2.75) is 19.2 Å². The smallest absolute Gasteiger partial charge is 0.332 e. The van der Waals surface area contributed by atoms with Crippen LogP contribution in [0.2, 0.25) is 0 Å². The van der Waals surface area contributed by atoms with Crippen molar-refractivity contribution in [2.75, 3.05) is 4.90 Å². The summed E-state index contributed by atoms with van der Waals surface area (Å²) in [5.74, 6) is 0.649. The number of aromatic nitrogens is 4. The van der Waals surface area contributed by atoms with Crippen LogP contribution in [0.4, 0.5) is 5.95 Å². The van der Waals surface area contributed by atoms with Crippen LogP contribution >= 0.6 is 0 Å². The van der Waals surface area contributed by atoms with Crippen molar-refractivity contribution in [1.29, 1.82) is 0 Å². The van der Waals surface area contributed by atoms with Gasteiger partial charge < -0.3 is 9.30 Å². The van der Waals surface area contributed by atoms with Crippen molar-refractivity contribution in [3.63, 3.8) is 0 Å². The molecule has 2 aromatic heterocycles. The van der Waals surface area contributed by atoms with Crippen LogP contribution in [0.25, 0.3) is 11.2 Å². The third kappa shape index (κ3) is 1.69. The van der Waals surface area contributed by atoms with Crippen LogP contribution in [0.3, 0.4) is 0 Å². The maximum Gasteiger partial charge on any atom is 0.332 e. The van der Waals surface area contributed by atoms with Gasteiger partial charge >= 0.3 is 5.69 Å². The Morgan fingerprint density at radius 1 is 1.12 bits per heavy atom. The summed E-state index contributed by atoms with van der Waals surface area (Å²) < 4.78 is 10.0. The SMILES string of the molecule is Cn1c(=O)c2c(nc3n2CCC2Oc4ccccc4C(=O)N32)n(C)c1=O. The van der Waals surface area contributed by atoms with Crippen molar-refractivity contribution >= 4 is 23.0 Å². The summed E-state index contributed by atoms with van der Waals surface area (Å²) in [5, 5.41) is 0. The minimum Gasteiger partial charge on any atom is -0.469 e. The monoisotopic (exact) mass is 353 g/mol. The topological polar surface area (TPSA) is 91.4 Å². The van der Waals surface area contributed by atoms with Crippen molar-refractivity contribution in [3.05, 3.63) is 50.7 Å². The zero-order valence-electron chi connectivity index (χ0n) is 14.2. The van der Waals surface area contributed by atoms with E-state index >= 15 is 0 Å². The highest BCUT2D eigenvalue weighted by Gasteiger charge is 2.41. The molecule has 26 heavy (non-hydrogen) atoms.